The van der Waals surface area contributed by atoms with Crippen molar-refractivity contribution in [2.24, 2.45) is 4.99 Å². The lowest BCUT2D eigenvalue weighted by atomic mass is 9.95. The van der Waals surface area contributed by atoms with E-state index in [-0.39, 0.29) is 18.0 Å². The number of halogens is 3. The van der Waals surface area contributed by atoms with E-state index < -0.39 is 29.9 Å². The van der Waals surface area contributed by atoms with Crippen molar-refractivity contribution in [3.8, 4) is 5.75 Å². The molecule has 10 heteroatoms. The zero-order chi connectivity index (χ0) is 25.4. The molecule has 2 amide bonds. The Morgan fingerprint density at radius 1 is 1.06 bits per heavy atom. The van der Waals surface area contributed by atoms with Crippen LogP contribution in [-0.4, -0.2) is 29.8 Å². The number of nitrogens with zero attached hydrogens (tertiary/aromatic N) is 1. The van der Waals surface area contributed by atoms with Gasteiger partial charge in [0.05, 0.1) is 17.4 Å². The minimum absolute atomic E-state index is 0.274. The van der Waals surface area contributed by atoms with Crippen molar-refractivity contribution in [2.45, 2.75) is 31.7 Å². The Labute approximate surface area is 204 Å². The summed E-state index contributed by atoms with van der Waals surface area (Å²) in [6.07, 6.45) is -5.47. The van der Waals surface area contributed by atoms with E-state index in [0.717, 1.165) is 0 Å². The van der Waals surface area contributed by atoms with E-state index in [2.05, 4.69) is 20.9 Å². The normalized spacial score (nSPS) is 18.7. The molecule has 2 atom stereocenters. The zero-order valence-electron chi connectivity index (χ0n) is 19.0. The lowest BCUT2D eigenvalue weighted by Crippen LogP contribution is -2.34. The molecule has 3 aromatic carbocycles. The van der Waals surface area contributed by atoms with E-state index >= 15 is 0 Å². The fourth-order valence-corrected chi connectivity index (χ4v) is 4.13. The highest BCUT2D eigenvalue weighted by atomic mass is 19.4. The van der Waals surface area contributed by atoms with Gasteiger partial charge in [0.2, 0.25) is 0 Å². The molecule has 36 heavy (non-hydrogen) atoms. The van der Waals surface area contributed by atoms with Gasteiger partial charge in [-0.2, -0.15) is 13.2 Å². The summed E-state index contributed by atoms with van der Waals surface area (Å²) in [5.41, 5.74) is 1.78. The molecule has 2 aliphatic heterocycles. The number of fused-ring (bicyclic) bond motifs is 2. The van der Waals surface area contributed by atoms with Crippen LogP contribution in [0.4, 0.5) is 35.9 Å². The average Bonchev–Trinajstić information content (AvgIpc) is 2.84. The van der Waals surface area contributed by atoms with Gasteiger partial charge in [-0.25, -0.2) is 4.99 Å². The Balaban J connectivity index is 1.33. The van der Waals surface area contributed by atoms with Gasteiger partial charge in [0.15, 0.2) is 6.10 Å². The number of hydrogen-bond donors (Lipinski definition) is 3. The van der Waals surface area contributed by atoms with Gasteiger partial charge in [-0.05, 0) is 49.4 Å². The van der Waals surface area contributed by atoms with E-state index in [1.807, 2.05) is 0 Å². The van der Waals surface area contributed by atoms with Crippen LogP contribution < -0.4 is 20.7 Å². The van der Waals surface area contributed by atoms with E-state index in [1.54, 1.807) is 67.6 Å². The summed E-state index contributed by atoms with van der Waals surface area (Å²) in [4.78, 5) is 28.5. The number of benzene rings is 3. The number of anilines is 3. The Morgan fingerprint density at radius 2 is 1.83 bits per heavy atom. The molecule has 0 bridgehead atoms. The number of amides is 2. The molecule has 5 rings (SSSR count). The van der Waals surface area contributed by atoms with Gasteiger partial charge in [-0.15, -0.1) is 0 Å². The lowest BCUT2D eigenvalue weighted by molar-refractivity contribution is -0.122. The molecular weight excluding hydrogens is 473 g/mol. The van der Waals surface area contributed by atoms with Crippen molar-refractivity contribution < 1.29 is 27.5 Å². The Hall–Kier alpha value is -4.34. The van der Waals surface area contributed by atoms with Gasteiger partial charge in [0.25, 0.3) is 11.8 Å². The van der Waals surface area contributed by atoms with Crippen LogP contribution in [0, 0.1) is 0 Å². The number of alkyl halides is 3. The number of hydrogen-bond acceptors (Lipinski definition) is 5. The second-order valence-electron chi connectivity index (χ2n) is 8.51. The second kappa shape index (κ2) is 9.03. The van der Waals surface area contributed by atoms with Crippen molar-refractivity contribution >= 4 is 40.3 Å². The summed E-state index contributed by atoms with van der Waals surface area (Å²) < 4.78 is 45.8. The molecule has 7 nitrogen and oxygen atoms in total. The molecule has 3 aromatic rings. The number of aliphatic imine (C=N–C) groups is 1. The molecule has 0 aliphatic carbocycles. The Kier molecular flexibility index (Phi) is 5.87. The Morgan fingerprint density at radius 3 is 2.64 bits per heavy atom. The monoisotopic (exact) mass is 494 g/mol. The molecule has 2 heterocycles. The molecule has 0 saturated heterocycles. The zero-order valence-corrected chi connectivity index (χ0v) is 19.0. The first-order chi connectivity index (χ1) is 17.2. The SMILES string of the molecule is CC1Oc2ccc(C(=O)Nc3cccc(NC4CC(C(F)(F)F)=Nc5ccccc54)c3)cc2NC1=O. The van der Waals surface area contributed by atoms with Gasteiger partial charge in [0, 0.05) is 28.9 Å². The Bertz CT molecular complexity index is 1390. The number of carbonyl (C=O) groups is 2. The first kappa shape index (κ1) is 23.4. The number of ether oxygens (including phenoxy) is 1. The highest BCUT2D eigenvalue weighted by Gasteiger charge is 2.39. The van der Waals surface area contributed by atoms with Gasteiger partial charge in [0.1, 0.15) is 11.5 Å². The minimum Gasteiger partial charge on any atom is -0.479 e. The van der Waals surface area contributed by atoms with Crippen LogP contribution >= 0.6 is 0 Å². The molecule has 0 saturated carbocycles. The van der Waals surface area contributed by atoms with Crippen LogP contribution in [0.2, 0.25) is 0 Å². The smallest absolute Gasteiger partial charge is 0.429 e. The van der Waals surface area contributed by atoms with E-state index in [9.17, 15) is 22.8 Å². The number of rotatable bonds is 4. The minimum atomic E-state index is -4.53. The quantitative estimate of drug-likeness (QED) is 0.424. The van der Waals surface area contributed by atoms with Gasteiger partial charge in [-0.3, -0.25) is 9.59 Å². The van der Waals surface area contributed by atoms with Crippen molar-refractivity contribution in [3.63, 3.8) is 0 Å². The van der Waals surface area contributed by atoms with Crippen molar-refractivity contribution in [3.05, 3.63) is 77.9 Å². The fourth-order valence-electron chi connectivity index (χ4n) is 4.13. The molecule has 0 aromatic heterocycles. The van der Waals surface area contributed by atoms with Crippen LogP contribution in [0.1, 0.15) is 35.3 Å². The van der Waals surface area contributed by atoms with Gasteiger partial charge < -0.3 is 20.7 Å². The molecule has 3 N–H and O–H groups in total. The third-order valence-electron chi connectivity index (χ3n) is 5.93. The fraction of sp³-hybridized carbons (Fsp3) is 0.192. The van der Waals surface area contributed by atoms with Crippen molar-refractivity contribution in [1.29, 1.82) is 0 Å². The van der Waals surface area contributed by atoms with Crippen LogP contribution in [0.25, 0.3) is 0 Å². The molecule has 2 aliphatic rings. The largest absolute Gasteiger partial charge is 0.479 e. The van der Waals surface area contributed by atoms with E-state index in [0.29, 0.717) is 33.9 Å². The summed E-state index contributed by atoms with van der Waals surface area (Å²) in [6.45, 7) is 1.63. The third-order valence-corrected chi connectivity index (χ3v) is 5.93. The van der Waals surface area contributed by atoms with Crippen LogP contribution in [-0.2, 0) is 4.79 Å². The highest BCUT2D eigenvalue weighted by molar-refractivity contribution is 6.06. The van der Waals surface area contributed by atoms with Gasteiger partial charge in [-0.1, -0.05) is 24.3 Å². The third kappa shape index (κ3) is 4.74. The summed E-state index contributed by atoms with van der Waals surface area (Å²) in [5.74, 6) is -0.251. The maximum absolute atomic E-state index is 13.4. The summed E-state index contributed by atoms with van der Waals surface area (Å²) >= 11 is 0. The topological polar surface area (TPSA) is 91.8 Å². The number of para-hydroxylation sites is 1. The average molecular weight is 494 g/mol. The van der Waals surface area contributed by atoms with Crippen LogP contribution in [0.3, 0.4) is 0 Å². The maximum Gasteiger partial charge on any atom is 0.429 e. The van der Waals surface area contributed by atoms with E-state index in [1.165, 1.54) is 6.07 Å². The molecule has 2 unspecified atom stereocenters. The first-order valence-electron chi connectivity index (χ1n) is 11.2. The van der Waals surface area contributed by atoms with Crippen LogP contribution in [0.5, 0.6) is 5.75 Å². The predicted octanol–water partition coefficient (Wildman–Crippen LogP) is 5.85. The van der Waals surface area contributed by atoms with Gasteiger partial charge >= 0.3 is 6.18 Å². The summed E-state index contributed by atoms with van der Waals surface area (Å²) in [6, 6.07) is 17.5. The number of carbonyl (C=O) groups excluding carboxylic acids is 2. The molecule has 184 valence electrons. The summed E-state index contributed by atoms with van der Waals surface area (Å²) in [5, 5.41) is 8.63. The maximum atomic E-state index is 13.4. The van der Waals surface area contributed by atoms with Crippen molar-refractivity contribution in [1.82, 2.24) is 0 Å². The number of nitrogens with one attached hydrogen (secondary N) is 3. The predicted molar refractivity (Wildman–Crippen MR) is 130 cm³/mol. The standard InChI is InChI=1S/C26H21F3N4O3/c1-14-24(34)33-21-11-15(9-10-22(21)36-14)25(35)31-17-6-4-5-16(12-17)30-20-13-23(26(27,28)29)32-19-8-3-2-7-18(19)20/h2-12,14,20,30H,13H2,1H3,(H,31,35)(H,33,34). The second-order valence-corrected chi connectivity index (χ2v) is 8.51. The lowest BCUT2D eigenvalue weighted by Gasteiger charge is -2.27. The summed E-state index contributed by atoms with van der Waals surface area (Å²) in [7, 11) is 0. The van der Waals surface area contributed by atoms with E-state index in [4.69, 9.17) is 4.74 Å². The molecule has 0 spiro atoms. The molecular formula is C26H21F3N4O3. The first-order valence-corrected chi connectivity index (χ1v) is 11.2. The molecule has 0 radical (unpaired) electrons. The highest BCUT2D eigenvalue weighted by Crippen LogP contribution is 2.39. The van der Waals surface area contributed by atoms with Crippen LogP contribution in [0.15, 0.2) is 71.7 Å². The van der Waals surface area contributed by atoms with Crippen molar-refractivity contribution in [2.75, 3.05) is 16.0 Å². The molecule has 0 fully saturated rings.